The van der Waals surface area contributed by atoms with Crippen molar-refractivity contribution in [2.75, 3.05) is 5.73 Å². The normalized spacial score (nSPS) is 12.1. The molecule has 0 spiro atoms. The van der Waals surface area contributed by atoms with Crippen molar-refractivity contribution in [1.29, 1.82) is 0 Å². The minimum atomic E-state index is -1.08. The second kappa shape index (κ2) is 7.61. The van der Waals surface area contributed by atoms with Gasteiger partial charge in [0.2, 0.25) is 5.88 Å². The van der Waals surface area contributed by atoms with Crippen LogP contribution in [-0.2, 0) is 0 Å². The third-order valence-electron chi connectivity index (χ3n) is 2.88. The van der Waals surface area contributed by atoms with Crippen LogP contribution in [0.3, 0.4) is 0 Å². The largest absolute Gasteiger partial charge is 0.477 e. The van der Waals surface area contributed by atoms with E-state index in [1.165, 1.54) is 31.5 Å². The number of carboxylic acid groups (broad SMARTS) is 1. The highest BCUT2D eigenvalue weighted by Gasteiger charge is 2.15. The summed E-state index contributed by atoms with van der Waals surface area (Å²) < 4.78 is 5.59. The number of nitrogens with zero attached hydrogens (tertiary/aromatic N) is 1. The molecule has 1 aromatic heterocycles. The first-order valence-corrected chi connectivity index (χ1v) is 6.70. The van der Waals surface area contributed by atoms with Crippen molar-refractivity contribution >= 4 is 11.7 Å². The number of nitrogens with two attached hydrogens (primary N) is 1. The van der Waals surface area contributed by atoms with Crippen LogP contribution < -0.4 is 10.5 Å². The summed E-state index contributed by atoms with van der Waals surface area (Å²) in [5.41, 5.74) is 5.86. The Hall–Kier alpha value is -1.78. The highest BCUT2D eigenvalue weighted by atomic mass is 16.5. The number of nitrogen functional groups attached to an aromatic ring is 1. The molecular weight excluding hydrogens is 244 g/mol. The van der Waals surface area contributed by atoms with Crippen LogP contribution in [0.25, 0.3) is 0 Å². The second-order valence-electron chi connectivity index (χ2n) is 4.70. The van der Waals surface area contributed by atoms with Crippen LogP contribution in [0.1, 0.15) is 56.3 Å². The average Bonchev–Trinajstić information content (AvgIpc) is 2.36. The van der Waals surface area contributed by atoms with Gasteiger partial charge in [-0.05, 0) is 25.8 Å². The van der Waals surface area contributed by atoms with Gasteiger partial charge in [-0.1, -0.05) is 26.2 Å². The van der Waals surface area contributed by atoms with Crippen LogP contribution in [0, 0.1) is 0 Å². The van der Waals surface area contributed by atoms with Crippen molar-refractivity contribution in [3.05, 3.63) is 17.8 Å². The number of pyridine rings is 1. The van der Waals surface area contributed by atoms with Gasteiger partial charge >= 0.3 is 5.97 Å². The van der Waals surface area contributed by atoms with Crippen LogP contribution in [0.4, 0.5) is 5.69 Å². The number of anilines is 1. The van der Waals surface area contributed by atoms with Crippen molar-refractivity contribution in [3.63, 3.8) is 0 Å². The maximum atomic E-state index is 11.1. The Morgan fingerprint density at radius 3 is 2.84 bits per heavy atom. The molecule has 106 valence electrons. The first-order valence-electron chi connectivity index (χ1n) is 6.70. The van der Waals surface area contributed by atoms with Gasteiger partial charge in [0.25, 0.3) is 0 Å². The van der Waals surface area contributed by atoms with Crippen LogP contribution in [0.5, 0.6) is 5.88 Å². The molecule has 0 amide bonds. The molecule has 0 fully saturated rings. The van der Waals surface area contributed by atoms with E-state index in [2.05, 4.69) is 11.9 Å². The maximum Gasteiger partial charge on any atom is 0.341 e. The SMILES string of the molecule is CCCCCCC(C)Oc1ncc(N)cc1C(=O)O. The zero-order chi connectivity index (χ0) is 14.3. The topological polar surface area (TPSA) is 85.4 Å². The number of aromatic carboxylic acids is 1. The molecule has 3 N–H and O–H groups in total. The summed E-state index contributed by atoms with van der Waals surface area (Å²) in [5.74, 6) is -0.933. The lowest BCUT2D eigenvalue weighted by atomic mass is 10.1. The van der Waals surface area contributed by atoms with Gasteiger partial charge in [0.1, 0.15) is 5.56 Å². The summed E-state index contributed by atoms with van der Waals surface area (Å²) in [4.78, 5) is 15.0. The first-order chi connectivity index (χ1) is 9.04. The van der Waals surface area contributed by atoms with E-state index in [0.29, 0.717) is 5.69 Å². The summed E-state index contributed by atoms with van der Waals surface area (Å²) in [5, 5.41) is 9.07. The fraction of sp³-hybridized carbons (Fsp3) is 0.571. The van der Waals surface area contributed by atoms with E-state index >= 15 is 0 Å². The zero-order valence-electron chi connectivity index (χ0n) is 11.6. The molecule has 1 heterocycles. The highest BCUT2D eigenvalue weighted by Crippen LogP contribution is 2.20. The van der Waals surface area contributed by atoms with Gasteiger partial charge in [-0.3, -0.25) is 0 Å². The molecule has 1 rings (SSSR count). The molecule has 1 unspecified atom stereocenters. The Morgan fingerprint density at radius 1 is 1.47 bits per heavy atom. The summed E-state index contributed by atoms with van der Waals surface area (Å²) in [6.07, 6.45) is 6.91. The van der Waals surface area contributed by atoms with E-state index in [0.717, 1.165) is 12.8 Å². The van der Waals surface area contributed by atoms with E-state index in [-0.39, 0.29) is 17.5 Å². The molecule has 0 aliphatic heterocycles. The molecule has 0 saturated heterocycles. The predicted octanol–water partition coefficient (Wildman–Crippen LogP) is 3.10. The van der Waals surface area contributed by atoms with Gasteiger partial charge in [0.15, 0.2) is 0 Å². The van der Waals surface area contributed by atoms with Crippen molar-refractivity contribution in [2.45, 2.75) is 52.1 Å². The third kappa shape index (κ3) is 5.16. The minimum Gasteiger partial charge on any atom is -0.477 e. The zero-order valence-corrected chi connectivity index (χ0v) is 11.6. The van der Waals surface area contributed by atoms with E-state index in [1.807, 2.05) is 6.92 Å². The van der Waals surface area contributed by atoms with Gasteiger partial charge in [-0.25, -0.2) is 9.78 Å². The average molecular weight is 266 g/mol. The molecule has 5 nitrogen and oxygen atoms in total. The lowest BCUT2D eigenvalue weighted by molar-refractivity contribution is 0.0688. The Labute approximate surface area is 113 Å². The van der Waals surface area contributed by atoms with E-state index in [9.17, 15) is 4.79 Å². The van der Waals surface area contributed by atoms with Crippen molar-refractivity contribution < 1.29 is 14.6 Å². The molecule has 1 atom stereocenters. The Morgan fingerprint density at radius 2 is 2.21 bits per heavy atom. The van der Waals surface area contributed by atoms with E-state index < -0.39 is 5.97 Å². The molecule has 5 heteroatoms. The first kappa shape index (κ1) is 15.3. The van der Waals surface area contributed by atoms with Crippen molar-refractivity contribution in [3.8, 4) is 5.88 Å². The van der Waals surface area contributed by atoms with E-state index in [1.54, 1.807) is 0 Å². The molecule has 0 aliphatic rings. The number of hydrogen-bond donors (Lipinski definition) is 2. The molecule has 0 saturated carbocycles. The second-order valence-corrected chi connectivity index (χ2v) is 4.70. The Balaban J connectivity index is 2.58. The Kier molecular flexibility index (Phi) is 6.12. The maximum absolute atomic E-state index is 11.1. The number of aromatic nitrogens is 1. The van der Waals surface area contributed by atoms with Gasteiger partial charge in [0, 0.05) is 0 Å². The molecule has 0 radical (unpaired) electrons. The monoisotopic (exact) mass is 266 g/mol. The standard InChI is InChI=1S/C14H22N2O3/c1-3-4-5-6-7-10(2)19-13-12(14(17)18)8-11(15)9-16-13/h8-10H,3-7,15H2,1-2H3,(H,17,18). The van der Waals surface area contributed by atoms with E-state index in [4.69, 9.17) is 15.6 Å². The smallest absolute Gasteiger partial charge is 0.341 e. The molecule has 19 heavy (non-hydrogen) atoms. The van der Waals surface area contributed by atoms with Crippen molar-refractivity contribution in [1.82, 2.24) is 4.98 Å². The molecule has 0 aliphatic carbocycles. The molecular formula is C14H22N2O3. The van der Waals surface area contributed by atoms with Gasteiger partial charge in [-0.15, -0.1) is 0 Å². The third-order valence-corrected chi connectivity index (χ3v) is 2.88. The summed E-state index contributed by atoms with van der Waals surface area (Å²) >= 11 is 0. The number of hydrogen-bond acceptors (Lipinski definition) is 4. The number of carbonyl (C=O) groups is 1. The lowest BCUT2D eigenvalue weighted by Crippen LogP contribution is -2.15. The number of carboxylic acids is 1. The fourth-order valence-electron chi connectivity index (χ4n) is 1.82. The molecule has 0 bridgehead atoms. The summed E-state index contributed by atoms with van der Waals surface area (Å²) in [6, 6.07) is 1.37. The molecule has 0 aromatic carbocycles. The predicted molar refractivity (Wildman–Crippen MR) is 74.5 cm³/mol. The van der Waals surface area contributed by atoms with Gasteiger partial charge in [-0.2, -0.15) is 0 Å². The summed E-state index contributed by atoms with van der Waals surface area (Å²) in [6.45, 7) is 4.09. The van der Waals surface area contributed by atoms with Gasteiger partial charge < -0.3 is 15.6 Å². The fourth-order valence-corrected chi connectivity index (χ4v) is 1.82. The van der Waals surface area contributed by atoms with Crippen LogP contribution >= 0.6 is 0 Å². The number of unbranched alkanes of at least 4 members (excludes halogenated alkanes) is 3. The van der Waals surface area contributed by atoms with Crippen LogP contribution in [0.2, 0.25) is 0 Å². The van der Waals surface area contributed by atoms with Crippen molar-refractivity contribution in [2.24, 2.45) is 0 Å². The quantitative estimate of drug-likeness (QED) is 0.706. The minimum absolute atomic E-state index is 0.0143. The number of ether oxygens (including phenoxy) is 1. The van der Waals surface area contributed by atoms with Crippen LogP contribution in [0.15, 0.2) is 12.3 Å². The molecule has 1 aromatic rings. The highest BCUT2D eigenvalue weighted by molar-refractivity contribution is 5.91. The van der Waals surface area contributed by atoms with Gasteiger partial charge in [0.05, 0.1) is 18.0 Å². The Bertz CT molecular complexity index is 421. The van der Waals surface area contributed by atoms with Crippen LogP contribution in [-0.4, -0.2) is 22.2 Å². The number of rotatable bonds is 8. The summed E-state index contributed by atoms with van der Waals surface area (Å²) in [7, 11) is 0. The lowest BCUT2D eigenvalue weighted by Gasteiger charge is -2.15.